The number of nitrogens with one attached hydrogen (secondary N) is 1. The summed E-state index contributed by atoms with van der Waals surface area (Å²) in [5.74, 6) is -0.0897. The van der Waals surface area contributed by atoms with E-state index in [-0.39, 0.29) is 5.91 Å². The fourth-order valence-electron chi connectivity index (χ4n) is 1.06. The van der Waals surface area contributed by atoms with Gasteiger partial charge in [-0.05, 0) is 37.6 Å². The Morgan fingerprint density at radius 3 is 2.53 bits per heavy atom. The summed E-state index contributed by atoms with van der Waals surface area (Å²) in [6.45, 7) is 7.81. The first-order chi connectivity index (χ1) is 7.22. The molecule has 0 saturated heterocycles. The summed E-state index contributed by atoms with van der Waals surface area (Å²) in [7, 11) is 0. The highest BCUT2D eigenvalue weighted by Crippen LogP contribution is 2.09. The predicted octanol–water partition coefficient (Wildman–Crippen LogP) is 3.54. The van der Waals surface area contributed by atoms with Crippen LogP contribution in [-0.2, 0) is 4.79 Å². The van der Waals surface area contributed by atoms with Gasteiger partial charge in [-0.3, -0.25) is 4.79 Å². The third kappa shape index (κ3) is 5.68. The van der Waals surface area contributed by atoms with Crippen molar-refractivity contribution >= 4 is 11.6 Å². The second-order valence-corrected chi connectivity index (χ2v) is 2.86. The molecule has 0 aromatic heterocycles. The lowest BCUT2D eigenvalue weighted by Crippen LogP contribution is -2.07. The summed E-state index contributed by atoms with van der Waals surface area (Å²) < 4.78 is 0. The standard InChI is InChI=1S/C11H13NO.C2H6/c1-3-5-11(13)12-10-7-4-6-9(2)8-10;1-2/h3-8H,1-2H3,(H,12,13);1-2H3/b5-3+;. The van der Waals surface area contributed by atoms with Crippen LogP contribution in [0.2, 0.25) is 0 Å². The molecule has 1 rings (SSSR count). The normalized spacial score (nSPS) is 9.33. The Balaban J connectivity index is 0.000000921. The Hall–Kier alpha value is -1.57. The maximum atomic E-state index is 11.1. The van der Waals surface area contributed by atoms with Gasteiger partial charge < -0.3 is 5.32 Å². The summed E-state index contributed by atoms with van der Waals surface area (Å²) in [5, 5.41) is 2.76. The molecular formula is C13H19NO. The number of carbonyl (C=O) groups is 1. The third-order valence-electron chi connectivity index (χ3n) is 1.60. The molecule has 82 valence electrons. The van der Waals surface area contributed by atoms with Crippen LogP contribution < -0.4 is 5.32 Å². The van der Waals surface area contributed by atoms with Crippen molar-refractivity contribution in [2.45, 2.75) is 27.7 Å². The smallest absolute Gasteiger partial charge is 0.248 e. The zero-order valence-electron chi connectivity index (χ0n) is 9.87. The van der Waals surface area contributed by atoms with Crippen molar-refractivity contribution in [3.8, 4) is 0 Å². The first-order valence-electron chi connectivity index (χ1n) is 5.22. The topological polar surface area (TPSA) is 29.1 Å². The number of hydrogen-bond acceptors (Lipinski definition) is 1. The van der Waals surface area contributed by atoms with Crippen LogP contribution in [-0.4, -0.2) is 5.91 Å². The van der Waals surface area contributed by atoms with Gasteiger partial charge in [-0.2, -0.15) is 0 Å². The number of hydrogen-bond donors (Lipinski definition) is 1. The van der Waals surface area contributed by atoms with Gasteiger partial charge in [-0.25, -0.2) is 0 Å². The van der Waals surface area contributed by atoms with Crippen LogP contribution in [0.25, 0.3) is 0 Å². The maximum absolute atomic E-state index is 11.1. The Morgan fingerprint density at radius 1 is 1.33 bits per heavy atom. The Bertz CT molecular complexity index is 329. The van der Waals surface area contributed by atoms with Gasteiger partial charge in [0.2, 0.25) is 5.91 Å². The molecular weight excluding hydrogens is 186 g/mol. The zero-order chi connectivity index (χ0) is 11.7. The lowest BCUT2D eigenvalue weighted by Gasteiger charge is -2.02. The van der Waals surface area contributed by atoms with E-state index in [2.05, 4.69) is 5.32 Å². The van der Waals surface area contributed by atoms with E-state index in [4.69, 9.17) is 0 Å². The molecule has 0 aliphatic heterocycles. The molecule has 0 bridgehead atoms. The summed E-state index contributed by atoms with van der Waals surface area (Å²) in [5.41, 5.74) is 1.97. The van der Waals surface area contributed by atoms with Crippen molar-refractivity contribution in [1.29, 1.82) is 0 Å². The van der Waals surface area contributed by atoms with Gasteiger partial charge in [0.15, 0.2) is 0 Å². The van der Waals surface area contributed by atoms with Gasteiger partial charge >= 0.3 is 0 Å². The van der Waals surface area contributed by atoms with Crippen LogP contribution in [0, 0.1) is 6.92 Å². The van der Waals surface area contributed by atoms with E-state index in [0.29, 0.717) is 0 Å². The van der Waals surface area contributed by atoms with E-state index >= 15 is 0 Å². The summed E-state index contributed by atoms with van der Waals surface area (Å²) in [6, 6.07) is 7.71. The number of aryl methyl sites for hydroxylation is 1. The third-order valence-corrected chi connectivity index (χ3v) is 1.60. The summed E-state index contributed by atoms with van der Waals surface area (Å²) in [6.07, 6.45) is 3.22. The molecule has 0 heterocycles. The van der Waals surface area contributed by atoms with Crippen LogP contribution in [0.5, 0.6) is 0 Å². The minimum Gasteiger partial charge on any atom is -0.323 e. The molecule has 0 aliphatic carbocycles. The van der Waals surface area contributed by atoms with E-state index < -0.39 is 0 Å². The Kier molecular flexibility index (Phi) is 6.98. The lowest BCUT2D eigenvalue weighted by atomic mass is 10.2. The fraction of sp³-hybridized carbons (Fsp3) is 0.308. The number of allylic oxidation sites excluding steroid dienone is 1. The molecule has 1 aromatic rings. The highest BCUT2D eigenvalue weighted by molar-refractivity contribution is 5.99. The molecule has 2 nitrogen and oxygen atoms in total. The highest BCUT2D eigenvalue weighted by Gasteiger charge is 1.95. The minimum absolute atomic E-state index is 0.0897. The lowest BCUT2D eigenvalue weighted by molar-refractivity contribution is -0.111. The first-order valence-corrected chi connectivity index (χ1v) is 5.22. The van der Waals surface area contributed by atoms with Crippen molar-refractivity contribution in [1.82, 2.24) is 0 Å². The fourth-order valence-corrected chi connectivity index (χ4v) is 1.06. The number of rotatable bonds is 2. The monoisotopic (exact) mass is 205 g/mol. The quantitative estimate of drug-likeness (QED) is 0.735. The van der Waals surface area contributed by atoms with Crippen LogP contribution in [0.4, 0.5) is 5.69 Å². The summed E-state index contributed by atoms with van der Waals surface area (Å²) in [4.78, 5) is 11.1. The summed E-state index contributed by atoms with van der Waals surface area (Å²) >= 11 is 0. The van der Waals surface area contributed by atoms with E-state index in [1.165, 1.54) is 6.08 Å². The van der Waals surface area contributed by atoms with E-state index in [0.717, 1.165) is 11.3 Å². The Morgan fingerprint density at radius 2 is 2.00 bits per heavy atom. The van der Waals surface area contributed by atoms with Crippen molar-refractivity contribution in [2.24, 2.45) is 0 Å². The van der Waals surface area contributed by atoms with Crippen LogP contribution in [0.3, 0.4) is 0 Å². The number of benzene rings is 1. The molecule has 0 spiro atoms. The first kappa shape index (κ1) is 13.4. The molecule has 2 heteroatoms. The van der Waals surface area contributed by atoms with Crippen LogP contribution in [0.15, 0.2) is 36.4 Å². The van der Waals surface area contributed by atoms with Gasteiger partial charge in [0.25, 0.3) is 0 Å². The molecule has 1 amide bonds. The molecule has 0 fully saturated rings. The van der Waals surface area contributed by atoms with Crippen molar-refractivity contribution in [3.05, 3.63) is 42.0 Å². The van der Waals surface area contributed by atoms with Gasteiger partial charge in [-0.15, -0.1) is 0 Å². The Labute approximate surface area is 92.0 Å². The molecule has 0 aliphatic rings. The maximum Gasteiger partial charge on any atom is 0.248 e. The average molecular weight is 205 g/mol. The van der Waals surface area contributed by atoms with Crippen molar-refractivity contribution in [3.63, 3.8) is 0 Å². The predicted molar refractivity (Wildman–Crippen MR) is 66.0 cm³/mol. The van der Waals surface area contributed by atoms with E-state index in [1.807, 2.05) is 52.0 Å². The number of carbonyl (C=O) groups excluding carboxylic acids is 1. The molecule has 15 heavy (non-hydrogen) atoms. The van der Waals surface area contributed by atoms with Crippen molar-refractivity contribution < 1.29 is 4.79 Å². The molecule has 1 N–H and O–H groups in total. The second-order valence-electron chi connectivity index (χ2n) is 2.86. The average Bonchev–Trinajstić information content (AvgIpc) is 2.21. The van der Waals surface area contributed by atoms with Crippen LogP contribution >= 0.6 is 0 Å². The van der Waals surface area contributed by atoms with Gasteiger partial charge in [0, 0.05) is 5.69 Å². The largest absolute Gasteiger partial charge is 0.323 e. The van der Waals surface area contributed by atoms with Crippen LogP contribution in [0.1, 0.15) is 26.3 Å². The zero-order valence-corrected chi connectivity index (χ0v) is 9.87. The van der Waals surface area contributed by atoms with Gasteiger partial charge in [0.1, 0.15) is 0 Å². The molecule has 0 unspecified atom stereocenters. The van der Waals surface area contributed by atoms with Crippen molar-refractivity contribution in [2.75, 3.05) is 5.32 Å². The highest BCUT2D eigenvalue weighted by atomic mass is 16.1. The molecule has 0 radical (unpaired) electrons. The SMILES string of the molecule is C/C=C/C(=O)Nc1cccc(C)c1.CC. The minimum atomic E-state index is -0.0897. The molecule has 1 aromatic carbocycles. The molecule has 0 atom stereocenters. The molecule has 0 saturated carbocycles. The van der Waals surface area contributed by atoms with Gasteiger partial charge in [-0.1, -0.05) is 32.1 Å². The number of anilines is 1. The van der Waals surface area contributed by atoms with Gasteiger partial charge in [0.05, 0.1) is 0 Å². The second kappa shape index (κ2) is 7.80. The van der Waals surface area contributed by atoms with E-state index in [1.54, 1.807) is 6.08 Å². The van der Waals surface area contributed by atoms with E-state index in [9.17, 15) is 4.79 Å². The number of amides is 1.